The Morgan fingerprint density at radius 1 is 0.784 bits per heavy atom. The number of rotatable bonds is 8. The van der Waals surface area contributed by atoms with Gasteiger partial charge >= 0.3 is 0 Å². The van der Waals surface area contributed by atoms with Crippen LogP contribution in [0.25, 0.3) is 0 Å². The predicted molar refractivity (Wildman–Crippen MR) is 117 cm³/mol. The Bertz CT molecular complexity index is 749. The first kappa shape index (κ1) is 30.4. The summed E-state index contributed by atoms with van der Waals surface area (Å²) in [6, 6.07) is -3.92. The van der Waals surface area contributed by atoms with Gasteiger partial charge in [-0.05, 0) is 0 Å². The zero-order chi connectivity index (χ0) is 27.6. The van der Waals surface area contributed by atoms with Crippen LogP contribution in [0, 0.1) is 0 Å². The minimum Gasteiger partial charge on any atom is -0.394 e. The third kappa shape index (κ3) is 6.55. The van der Waals surface area contributed by atoms with E-state index >= 15 is 0 Å². The molecule has 3 rings (SSSR count). The molecule has 0 radical (unpaired) electrons. The van der Waals surface area contributed by atoms with E-state index in [9.17, 15) is 45.6 Å². The number of aliphatic hydroxyl groups is 8. The first-order valence-electron chi connectivity index (χ1n) is 11.7. The second kappa shape index (κ2) is 12.8. The van der Waals surface area contributed by atoms with E-state index in [-0.39, 0.29) is 0 Å². The molecule has 17 heteroatoms. The van der Waals surface area contributed by atoms with Crippen molar-refractivity contribution in [2.24, 2.45) is 11.5 Å². The lowest BCUT2D eigenvalue weighted by Crippen LogP contribution is -2.69. The summed E-state index contributed by atoms with van der Waals surface area (Å²) in [5.41, 5.74) is 11.7. The molecule has 0 unspecified atom stereocenters. The maximum atomic E-state index is 11.7. The molecule has 3 saturated heterocycles. The first-order valence-corrected chi connectivity index (χ1v) is 11.7. The molecule has 0 aromatic rings. The van der Waals surface area contributed by atoms with Gasteiger partial charge in [-0.15, -0.1) is 0 Å². The van der Waals surface area contributed by atoms with Gasteiger partial charge in [-0.2, -0.15) is 0 Å². The number of nitrogens with one attached hydrogen (secondary N) is 1. The van der Waals surface area contributed by atoms with Gasteiger partial charge in [0.25, 0.3) is 0 Å². The maximum Gasteiger partial charge on any atom is 0.217 e. The number of nitrogens with two attached hydrogens (primary N) is 2. The lowest BCUT2D eigenvalue weighted by Gasteiger charge is -2.47. The van der Waals surface area contributed by atoms with Crippen LogP contribution in [0.15, 0.2) is 0 Å². The third-order valence-electron chi connectivity index (χ3n) is 6.64. The molecule has 0 spiro atoms. The summed E-state index contributed by atoms with van der Waals surface area (Å²) >= 11 is 0. The molecule has 0 aromatic heterocycles. The van der Waals surface area contributed by atoms with E-state index in [0.29, 0.717) is 0 Å². The molecule has 1 amide bonds. The van der Waals surface area contributed by atoms with Crippen LogP contribution in [-0.2, 0) is 28.5 Å². The molecular formula is C20H37N3O14. The number of aliphatic hydroxyl groups excluding tert-OH is 8. The van der Waals surface area contributed by atoms with Crippen molar-refractivity contribution >= 4 is 5.91 Å². The zero-order valence-corrected chi connectivity index (χ0v) is 20.0. The summed E-state index contributed by atoms with van der Waals surface area (Å²) in [6.45, 7) is -0.679. The number of hydrogen-bond donors (Lipinski definition) is 11. The van der Waals surface area contributed by atoms with E-state index in [0.717, 1.165) is 6.92 Å². The number of carbonyl (C=O) groups excluding carboxylic acids is 1. The van der Waals surface area contributed by atoms with Crippen molar-refractivity contribution in [2.45, 2.75) is 98.9 Å². The van der Waals surface area contributed by atoms with Crippen LogP contribution in [-0.4, -0.2) is 159 Å². The van der Waals surface area contributed by atoms with E-state index in [4.69, 9.17) is 35.2 Å². The Balaban J connectivity index is 1.74. The summed E-state index contributed by atoms with van der Waals surface area (Å²) in [5.74, 6) is -0.607. The van der Waals surface area contributed by atoms with Gasteiger partial charge in [-0.3, -0.25) is 4.79 Å². The van der Waals surface area contributed by atoms with Crippen molar-refractivity contribution < 1.29 is 69.3 Å². The summed E-state index contributed by atoms with van der Waals surface area (Å²) in [4.78, 5) is 11.7. The van der Waals surface area contributed by atoms with E-state index in [1.54, 1.807) is 0 Å². The van der Waals surface area contributed by atoms with Crippen LogP contribution in [0.3, 0.4) is 0 Å². The van der Waals surface area contributed by atoms with Crippen LogP contribution in [0.2, 0.25) is 0 Å². The topological polar surface area (TPSA) is 289 Å². The lowest BCUT2D eigenvalue weighted by molar-refractivity contribution is -0.329. The largest absolute Gasteiger partial charge is 0.394 e. The van der Waals surface area contributed by atoms with Crippen molar-refractivity contribution in [2.75, 3.05) is 19.8 Å². The second-order valence-electron chi connectivity index (χ2n) is 9.28. The molecule has 13 N–H and O–H groups in total. The number of carbonyl (C=O) groups is 1. The summed E-state index contributed by atoms with van der Waals surface area (Å²) < 4.78 is 27.4. The van der Waals surface area contributed by atoms with E-state index in [1.165, 1.54) is 0 Å². The predicted octanol–water partition coefficient (Wildman–Crippen LogP) is -7.50. The Kier molecular flexibility index (Phi) is 10.5. The fourth-order valence-electron chi connectivity index (χ4n) is 4.45. The quantitative estimate of drug-likeness (QED) is 0.135. The zero-order valence-electron chi connectivity index (χ0n) is 20.0. The van der Waals surface area contributed by atoms with Gasteiger partial charge in [-0.25, -0.2) is 0 Å². The maximum absolute atomic E-state index is 11.7. The molecule has 0 bridgehead atoms. The summed E-state index contributed by atoms with van der Waals surface area (Å²) in [5, 5.41) is 83.0. The molecule has 0 aliphatic carbocycles. The second-order valence-corrected chi connectivity index (χ2v) is 9.28. The van der Waals surface area contributed by atoms with Gasteiger partial charge in [0, 0.05) is 6.92 Å². The van der Waals surface area contributed by atoms with Gasteiger partial charge in [-0.1, -0.05) is 0 Å². The molecule has 3 aliphatic heterocycles. The molecule has 0 aromatic carbocycles. The van der Waals surface area contributed by atoms with Crippen LogP contribution in [0.1, 0.15) is 6.92 Å². The van der Waals surface area contributed by atoms with Crippen LogP contribution < -0.4 is 16.8 Å². The molecule has 3 heterocycles. The molecule has 0 saturated carbocycles. The number of ether oxygens (including phenoxy) is 5. The standard InChI is InChI=1S/C20H37N3O14/c1-5(26)23-11-17(37-20-10(22)16(31)13(28)7(3-25)36-20)14(29)8(34-18(11)32)4-33-19-9(21)15(30)12(27)6(2-24)35-19/h6-20,24-25,27-32H,2-4,21-22H2,1H3,(H,23,26)/t6-,7-,8-,9-,10-,11-,12-,13-,14-,15-,16-,17-,18+,19-,20+/m1/s1. The fourth-order valence-corrected chi connectivity index (χ4v) is 4.45. The summed E-state index contributed by atoms with van der Waals surface area (Å²) in [7, 11) is 0. The van der Waals surface area contributed by atoms with Gasteiger partial charge in [0.1, 0.15) is 61.0 Å². The molecule has 17 nitrogen and oxygen atoms in total. The minimum atomic E-state index is -1.74. The Labute approximate surface area is 211 Å². The van der Waals surface area contributed by atoms with Gasteiger partial charge in [0.15, 0.2) is 18.9 Å². The lowest BCUT2D eigenvalue weighted by atomic mass is 9.94. The Morgan fingerprint density at radius 2 is 1.30 bits per heavy atom. The highest BCUT2D eigenvalue weighted by Crippen LogP contribution is 2.29. The number of amides is 1. The average molecular weight is 544 g/mol. The highest BCUT2D eigenvalue weighted by Gasteiger charge is 2.51. The Morgan fingerprint density at radius 3 is 1.81 bits per heavy atom. The summed E-state index contributed by atoms with van der Waals surface area (Å²) in [6.07, 6.45) is -17.5. The fraction of sp³-hybridized carbons (Fsp3) is 0.950. The van der Waals surface area contributed by atoms with Crippen molar-refractivity contribution in [3.05, 3.63) is 0 Å². The molecular weight excluding hydrogens is 506 g/mol. The highest BCUT2D eigenvalue weighted by molar-refractivity contribution is 5.73. The SMILES string of the molecule is CC(=O)N[C@@H]1[C@@H](O[C@@H]2O[C@H](CO)[C@@H](O)[C@H](O)[C@H]2N)[C@H](O)[C@@H](CO[C@@H]2O[C@H](CO)[C@@H](O)[C@H](O)[C@H]2N)O[C@@H]1O. The van der Waals surface area contributed by atoms with Crippen molar-refractivity contribution in [3.8, 4) is 0 Å². The molecule has 216 valence electrons. The van der Waals surface area contributed by atoms with Crippen LogP contribution in [0.5, 0.6) is 0 Å². The van der Waals surface area contributed by atoms with E-state index < -0.39 is 118 Å². The highest BCUT2D eigenvalue weighted by atomic mass is 16.7. The van der Waals surface area contributed by atoms with Crippen molar-refractivity contribution in [1.29, 1.82) is 0 Å². The minimum absolute atomic E-state index is 0.498. The smallest absolute Gasteiger partial charge is 0.217 e. The average Bonchev–Trinajstić information content (AvgIpc) is 2.86. The van der Waals surface area contributed by atoms with Gasteiger partial charge < -0.3 is 81.3 Å². The van der Waals surface area contributed by atoms with E-state index in [2.05, 4.69) is 5.32 Å². The van der Waals surface area contributed by atoms with Crippen LogP contribution >= 0.6 is 0 Å². The van der Waals surface area contributed by atoms with Crippen molar-refractivity contribution in [3.63, 3.8) is 0 Å². The first-order chi connectivity index (χ1) is 17.4. The van der Waals surface area contributed by atoms with Crippen LogP contribution in [0.4, 0.5) is 0 Å². The molecule has 3 aliphatic rings. The van der Waals surface area contributed by atoms with Gasteiger partial charge in [0.05, 0.1) is 31.9 Å². The monoisotopic (exact) mass is 543 g/mol. The third-order valence-corrected chi connectivity index (χ3v) is 6.64. The van der Waals surface area contributed by atoms with E-state index in [1.807, 2.05) is 0 Å². The molecule has 15 atom stereocenters. The normalized spacial score (nSPS) is 49.0. The number of hydrogen-bond acceptors (Lipinski definition) is 16. The van der Waals surface area contributed by atoms with Gasteiger partial charge in [0.2, 0.25) is 5.91 Å². The molecule has 3 fully saturated rings. The van der Waals surface area contributed by atoms with Crippen molar-refractivity contribution in [1.82, 2.24) is 5.32 Å². The molecule has 37 heavy (non-hydrogen) atoms. The Hall–Kier alpha value is -1.13.